The van der Waals surface area contributed by atoms with Crippen LogP contribution in [0, 0.1) is 5.92 Å². The number of nitrogens with one attached hydrogen (secondary N) is 1. The SMILES string of the molecule is CC(C)Cc1cc(C(=O)NO)no1. The van der Waals surface area contributed by atoms with Gasteiger partial charge >= 0.3 is 0 Å². The summed E-state index contributed by atoms with van der Waals surface area (Å²) in [7, 11) is 0. The van der Waals surface area contributed by atoms with E-state index in [1.165, 1.54) is 11.5 Å². The third kappa shape index (κ3) is 2.55. The fraction of sp³-hybridized carbons (Fsp3) is 0.500. The largest absolute Gasteiger partial charge is 0.361 e. The molecule has 13 heavy (non-hydrogen) atoms. The van der Waals surface area contributed by atoms with E-state index in [1.54, 1.807) is 0 Å². The van der Waals surface area contributed by atoms with Crippen molar-refractivity contribution in [2.45, 2.75) is 20.3 Å². The van der Waals surface area contributed by atoms with Crippen LogP contribution in [0.25, 0.3) is 0 Å². The highest BCUT2D eigenvalue weighted by atomic mass is 16.5. The number of hydroxylamine groups is 1. The van der Waals surface area contributed by atoms with Gasteiger partial charge in [-0.25, -0.2) is 5.48 Å². The summed E-state index contributed by atoms with van der Waals surface area (Å²) >= 11 is 0. The zero-order valence-corrected chi connectivity index (χ0v) is 7.57. The number of nitrogens with zero attached hydrogens (tertiary/aromatic N) is 1. The van der Waals surface area contributed by atoms with Crippen molar-refractivity contribution in [3.63, 3.8) is 0 Å². The number of carbonyl (C=O) groups excluding carboxylic acids is 1. The van der Waals surface area contributed by atoms with Gasteiger partial charge in [-0.1, -0.05) is 19.0 Å². The summed E-state index contributed by atoms with van der Waals surface area (Å²) in [6.07, 6.45) is 0.728. The van der Waals surface area contributed by atoms with Crippen LogP contribution < -0.4 is 5.48 Å². The van der Waals surface area contributed by atoms with Crippen molar-refractivity contribution in [1.82, 2.24) is 10.6 Å². The smallest absolute Gasteiger partial charge is 0.296 e. The minimum Gasteiger partial charge on any atom is -0.361 e. The third-order valence-corrected chi connectivity index (χ3v) is 1.50. The van der Waals surface area contributed by atoms with Gasteiger partial charge in [-0.05, 0) is 5.92 Å². The van der Waals surface area contributed by atoms with E-state index < -0.39 is 5.91 Å². The minimum absolute atomic E-state index is 0.0955. The zero-order chi connectivity index (χ0) is 9.84. The molecule has 1 aromatic rings. The average molecular weight is 184 g/mol. The first-order valence-corrected chi connectivity index (χ1v) is 4.03. The Morgan fingerprint density at radius 2 is 2.46 bits per heavy atom. The summed E-state index contributed by atoms with van der Waals surface area (Å²) in [4.78, 5) is 10.8. The molecule has 0 aliphatic rings. The molecular weight excluding hydrogens is 172 g/mol. The lowest BCUT2D eigenvalue weighted by molar-refractivity contribution is 0.0696. The third-order valence-electron chi connectivity index (χ3n) is 1.50. The van der Waals surface area contributed by atoms with E-state index >= 15 is 0 Å². The molecule has 5 nitrogen and oxygen atoms in total. The number of hydrogen-bond donors (Lipinski definition) is 2. The molecular formula is C8H12N2O3. The van der Waals surface area contributed by atoms with E-state index in [-0.39, 0.29) is 5.69 Å². The molecule has 1 aromatic heterocycles. The van der Waals surface area contributed by atoms with Crippen molar-refractivity contribution in [3.8, 4) is 0 Å². The predicted octanol–water partition coefficient (Wildman–Crippen LogP) is 0.992. The molecule has 0 bridgehead atoms. The van der Waals surface area contributed by atoms with Crippen LogP contribution in [0.5, 0.6) is 0 Å². The standard InChI is InChI=1S/C8H12N2O3/c1-5(2)3-6-4-7(10-13-6)8(11)9-12/h4-5,12H,3H2,1-2H3,(H,9,11). The van der Waals surface area contributed by atoms with Crippen molar-refractivity contribution >= 4 is 5.91 Å². The second-order valence-corrected chi connectivity index (χ2v) is 3.22. The van der Waals surface area contributed by atoms with Crippen LogP contribution in [0.15, 0.2) is 10.6 Å². The highest BCUT2D eigenvalue weighted by molar-refractivity contribution is 5.91. The van der Waals surface area contributed by atoms with Gasteiger partial charge in [0.05, 0.1) is 0 Å². The summed E-state index contributed by atoms with van der Waals surface area (Å²) in [5.41, 5.74) is 1.58. The number of hydrogen-bond acceptors (Lipinski definition) is 4. The van der Waals surface area contributed by atoms with E-state index in [0.717, 1.165) is 6.42 Å². The second-order valence-electron chi connectivity index (χ2n) is 3.22. The molecule has 1 amide bonds. The Morgan fingerprint density at radius 1 is 1.77 bits per heavy atom. The van der Waals surface area contributed by atoms with Crippen LogP contribution in [0.1, 0.15) is 30.1 Å². The number of amides is 1. The predicted molar refractivity (Wildman–Crippen MR) is 44.3 cm³/mol. The quantitative estimate of drug-likeness (QED) is 0.542. The average Bonchev–Trinajstić information content (AvgIpc) is 2.50. The van der Waals surface area contributed by atoms with Crippen LogP contribution >= 0.6 is 0 Å². The monoisotopic (exact) mass is 184 g/mol. The van der Waals surface area contributed by atoms with Gasteiger partial charge in [0.25, 0.3) is 5.91 Å². The molecule has 0 aromatic carbocycles. The van der Waals surface area contributed by atoms with Crippen LogP contribution in [-0.2, 0) is 6.42 Å². The molecule has 0 spiro atoms. The van der Waals surface area contributed by atoms with Gasteiger partial charge in [0, 0.05) is 12.5 Å². The summed E-state index contributed by atoms with van der Waals surface area (Å²) < 4.78 is 4.88. The molecule has 5 heteroatoms. The van der Waals surface area contributed by atoms with Gasteiger partial charge < -0.3 is 4.52 Å². The van der Waals surface area contributed by atoms with Crippen molar-refractivity contribution in [3.05, 3.63) is 17.5 Å². The minimum atomic E-state index is -0.654. The Hall–Kier alpha value is -1.36. The second kappa shape index (κ2) is 4.04. The summed E-state index contributed by atoms with van der Waals surface area (Å²) in [6, 6.07) is 1.52. The maximum absolute atomic E-state index is 10.8. The van der Waals surface area contributed by atoms with Gasteiger partial charge in [0.15, 0.2) is 5.69 Å². The lowest BCUT2D eigenvalue weighted by Crippen LogP contribution is -2.18. The Balaban J connectivity index is 2.69. The molecule has 0 unspecified atom stereocenters. The fourth-order valence-corrected chi connectivity index (χ4v) is 0.976. The Bertz CT molecular complexity index is 293. The van der Waals surface area contributed by atoms with Crippen LogP contribution in [-0.4, -0.2) is 16.3 Å². The molecule has 1 rings (SSSR count). The van der Waals surface area contributed by atoms with E-state index in [9.17, 15) is 4.79 Å². The molecule has 0 saturated carbocycles. The highest BCUT2D eigenvalue weighted by Crippen LogP contribution is 2.09. The van der Waals surface area contributed by atoms with Crippen LogP contribution in [0.4, 0.5) is 0 Å². The van der Waals surface area contributed by atoms with Crippen molar-refractivity contribution in [2.24, 2.45) is 5.92 Å². The highest BCUT2D eigenvalue weighted by Gasteiger charge is 2.11. The molecule has 2 N–H and O–H groups in total. The van der Waals surface area contributed by atoms with E-state index in [1.807, 2.05) is 13.8 Å². The summed E-state index contributed by atoms with van der Waals surface area (Å²) in [5.74, 6) is 0.436. The fourth-order valence-electron chi connectivity index (χ4n) is 0.976. The first kappa shape index (κ1) is 9.73. The topological polar surface area (TPSA) is 75.4 Å². The Morgan fingerprint density at radius 3 is 3.00 bits per heavy atom. The number of aromatic nitrogens is 1. The molecule has 1 heterocycles. The van der Waals surface area contributed by atoms with Crippen molar-refractivity contribution < 1.29 is 14.5 Å². The Labute approximate surface area is 75.7 Å². The zero-order valence-electron chi connectivity index (χ0n) is 7.57. The summed E-state index contributed by atoms with van der Waals surface area (Å²) in [6.45, 7) is 4.07. The molecule has 72 valence electrons. The summed E-state index contributed by atoms with van der Waals surface area (Å²) in [5, 5.41) is 11.8. The molecule has 0 aliphatic carbocycles. The van der Waals surface area contributed by atoms with Crippen LogP contribution in [0.2, 0.25) is 0 Å². The normalized spacial score (nSPS) is 10.5. The molecule has 0 atom stereocenters. The Kier molecular flexibility index (Phi) is 3.02. The van der Waals surface area contributed by atoms with Gasteiger partial charge in [-0.2, -0.15) is 0 Å². The first-order chi connectivity index (χ1) is 6.13. The first-order valence-electron chi connectivity index (χ1n) is 4.03. The van der Waals surface area contributed by atoms with Gasteiger partial charge in [0.1, 0.15) is 5.76 Å². The molecule has 0 radical (unpaired) electrons. The maximum Gasteiger partial charge on any atom is 0.296 e. The molecule has 0 aliphatic heterocycles. The van der Waals surface area contributed by atoms with Gasteiger partial charge in [-0.15, -0.1) is 0 Å². The van der Waals surface area contributed by atoms with E-state index in [4.69, 9.17) is 9.73 Å². The molecule has 0 saturated heterocycles. The number of rotatable bonds is 3. The van der Waals surface area contributed by atoms with Gasteiger partial charge in [0.2, 0.25) is 0 Å². The lowest BCUT2D eigenvalue weighted by atomic mass is 10.1. The van der Waals surface area contributed by atoms with E-state index in [0.29, 0.717) is 11.7 Å². The van der Waals surface area contributed by atoms with Gasteiger partial charge in [-0.3, -0.25) is 10.0 Å². The maximum atomic E-state index is 10.8. The van der Waals surface area contributed by atoms with Crippen molar-refractivity contribution in [1.29, 1.82) is 0 Å². The van der Waals surface area contributed by atoms with Crippen LogP contribution in [0.3, 0.4) is 0 Å². The van der Waals surface area contributed by atoms with Crippen molar-refractivity contribution in [2.75, 3.05) is 0 Å². The molecule has 0 fully saturated rings. The lowest BCUT2D eigenvalue weighted by Gasteiger charge is -1.96. The van der Waals surface area contributed by atoms with E-state index in [2.05, 4.69) is 5.16 Å². The number of carbonyl (C=O) groups is 1.